The minimum absolute atomic E-state index is 0.300. The molecule has 0 radical (unpaired) electrons. The van der Waals surface area contributed by atoms with E-state index >= 15 is 0 Å². The molecule has 0 amide bonds. The molecule has 0 aliphatic rings. The fraction of sp³-hybridized carbons (Fsp3) is 0.400. The Morgan fingerprint density at radius 1 is 1.44 bits per heavy atom. The average molecular weight is 229 g/mol. The summed E-state index contributed by atoms with van der Waals surface area (Å²) in [6.45, 7) is 1.65. The third-order valence-electron chi connectivity index (χ3n) is 2.03. The first-order valence-corrected chi connectivity index (χ1v) is 4.64. The van der Waals surface area contributed by atoms with Crippen molar-refractivity contribution in [1.29, 1.82) is 0 Å². The third-order valence-corrected chi connectivity index (χ3v) is 2.03. The standard InChI is InChI=1S/C10H10F3N3/c1-7(15-16-14)5-8-3-2-4-9(6-8)10(11,12)13/h2-4,6-7H,5H2,1H3. The molecule has 0 spiro atoms. The van der Waals surface area contributed by atoms with Crippen molar-refractivity contribution in [1.82, 2.24) is 0 Å². The van der Waals surface area contributed by atoms with Crippen molar-refractivity contribution >= 4 is 0 Å². The Morgan fingerprint density at radius 2 is 2.12 bits per heavy atom. The Morgan fingerprint density at radius 3 is 2.69 bits per heavy atom. The molecule has 0 saturated carbocycles. The van der Waals surface area contributed by atoms with Gasteiger partial charge in [0.15, 0.2) is 0 Å². The molecule has 0 heterocycles. The van der Waals surface area contributed by atoms with Gasteiger partial charge < -0.3 is 0 Å². The fourth-order valence-corrected chi connectivity index (χ4v) is 1.34. The molecule has 1 unspecified atom stereocenters. The normalized spacial score (nSPS) is 13.0. The maximum absolute atomic E-state index is 12.4. The van der Waals surface area contributed by atoms with Gasteiger partial charge in [0.2, 0.25) is 0 Å². The Hall–Kier alpha value is -1.68. The van der Waals surface area contributed by atoms with Gasteiger partial charge in [0.05, 0.1) is 5.56 Å². The molecule has 0 aliphatic heterocycles. The van der Waals surface area contributed by atoms with E-state index in [1.165, 1.54) is 6.07 Å². The van der Waals surface area contributed by atoms with Crippen molar-refractivity contribution in [2.75, 3.05) is 0 Å². The molecular weight excluding hydrogens is 219 g/mol. The summed E-state index contributed by atoms with van der Waals surface area (Å²) in [5.41, 5.74) is 8.00. The zero-order valence-electron chi connectivity index (χ0n) is 8.57. The first-order chi connectivity index (χ1) is 7.43. The zero-order chi connectivity index (χ0) is 12.2. The highest BCUT2D eigenvalue weighted by molar-refractivity contribution is 5.26. The lowest BCUT2D eigenvalue weighted by atomic mass is 10.0. The number of alkyl halides is 3. The van der Waals surface area contributed by atoms with E-state index in [2.05, 4.69) is 10.0 Å². The smallest absolute Gasteiger partial charge is 0.166 e. The summed E-state index contributed by atoms with van der Waals surface area (Å²) >= 11 is 0. The molecule has 0 fully saturated rings. The van der Waals surface area contributed by atoms with Crippen LogP contribution < -0.4 is 0 Å². The van der Waals surface area contributed by atoms with Crippen molar-refractivity contribution in [2.24, 2.45) is 5.11 Å². The second kappa shape index (κ2) is 4.90. The Kier molecular flexibility index (Phi) is 3.79. The summed E-state index contributed by atoms with van der Waals surface area (Å²) in [6, 6.07) is 4.67. The van der Waals surface area contributed by atoms with Crippen LogP contribution in [0, 0.1) is 0 Å². The van der Waals surface area contributed by atoms with Crippen LogP contribution in [-0.2, 0) is 12.6 Å². The Labute approximate surface area is 90.5 Å². The lowest BCUT2D eigenvalue weighted by Crippen LogP contribution is -2.07. The minimum Gasteiger partial charge on any atom is -0.166 e. The molecule has 1 rings (SSSR count). The monoisotopic (exact) mass is 229 g/mol. The van der Waals surface area contributed by atoms with Crippen LogP contribution in [0.2, 0.25) is 0 Å². The van der Waals surface area contributed by atoms with E-state index in [9.17, 15) is 13.2 Å². The van der Waals surface area contributed by atoms with E-state index in [-0.39, 0.29) is 6.04 Å². The van der Waals surface area contributed by atoms with Crippen molar-refractivity contribution in [2.45, 2.75) is 25.6 Å². The summed E-state index contributed by atoms with van der Waals surface area (Å²) in [5.74, 6) is 0. The summed E-state index contributed by atoms with van der Waals surface area (Å²) in [6.07, 6.45) is -4.04. The van der Waals surface area contributed by atoms with Gasteiger partial charge in [-0.15, -0.1) is 0 Å². The second-order valence-electron chi connectivity index (χ2n) is 3.46. The van der Waals surface area contributed by atoms with Crippen LogP contribution in [0.4, 0.5) is 13.2 Å². The van der Waals surface area contributed by atoms with E-state index in [0.717, 1.165) is 12.1 Å². The molecular formula is C10H10F3N3. The number of hydrogen-bond donors (Lipinski definition) is 0. The predicted octanol–water partition coefficient (Wildman–Crippen LogP) is 3.95. The van der Waals surface area contributed by atoms with E-state index in [4.69, 9.17) is 5.53 Å². The third kappa shape index (κ3) is 3.47. The van der Waals surface area contributed by atoms with E-state index in [1.807, 2.05) is 0 Å². The molecule has 3 nitrogen and oxygen atoms in total. The van der Waals surface area contributed by atoms with Gasteiger partial charge in [-0.3, -0.25) is 0 Å². The first-order valence-electron chi connectivity index (χ1n) is 4.64. The van der Waals surface area contributed by atoms with Crippen molar-refractivity contribution in [3.05, 3.63) is 45.8 Å². The van der Waals surface area contributed by atoms with Gasteiger partial charge in [-0.25, -0.2) is 0 Å². The second-order valence-corrected chi connectivity index (χ2v) is 3.46. The summed E-state index contributed by atoms with van der Waals surface area (Å²) in [7, 11) is 0. The predicted molar refractivity (Wildman–Crippen MR) is 53.8 cm³/mol. The SMILES string of the molecule is CC(Cc1cccc(C(F)(F)F)c1)N=[N+]=[N-]. The number of benzene rings is 1. The molecule has 0 aliphatic carbocycles. The molecule has 6 heteroatoms. The maximum atomic E-state index is 12.4. The number of nitrogens with zero attached hydrogens (tertiary/aromatic N) is 3. The molecule has 16 heavy (non-hydrogen) atoms. The topological polar surface area (TPSA) is 48.8 Å². The van der Waals surface area contributed by atoms with Crippen molar-refractivity contribution in [3.63, 3.8) is 0 Å². The number of halogens is 3. The van der Waals surface area contributed by atoms with Gasteiger partial charge in [-0.2, -0.15) is 13.2 Å². The van der Waals surface area contributed by atoms with Gasteiger partial charge in [-0.1, -0.05) is 30.2 Å². The van der Waals surface area contributed by atoms with Crippen molar-refractivity contribution < 1.29 is 13.2 Å². The quantitative estimate of drug-likeness (QED) is 0.428. The van der Waals surface area contributed by atoms with E-state index in [0.29, 0.717) is 12.0 Å². The minimum atomic E-state index is -4.34. The number of rotatable bonds is 3. The van der Waals surface area contributed by atoms with Crippen LogP contribution in [-0.4, -0.2) is 6.04 Å². The molecule has 1 aromatic carbocycles. The van der Waals surface area contributed by atoms with Crippen molar-refractivity contribution in [3.8, 4) is 0 Å². The van der Waals surface area contributed by atoms with E-state index < -0.39 is 11.7 Å². The summed E-state index contributed by atoms with van der Waals surface area (Å²) in [4.78, 5) is 2.61. The van der Waals surface area contributed by atoms with Crippen LogP contribution in [0.5, 0.6) is 0 Å². The van der Waals surface area contributed by atoms with E-state index in [1.54, 1.807) is 13.0 Å². The van der Waals surface area contributed by atoms with Crippen LogP contribution in [0.1, 0.15) is 18.1 Å². The average Bonchev–Trinajstić information content (AvgIpc) is 2.17. The summed E-state index contributed by atoms with van der Waals surface area (Å²) < 4.78 is 37.1. The number of azide groups is 1. The molecule has 0 aromatic heterocycles. The Bertz CT molecular complexity index is 408. The van der Waals surface area contributed by atoms with Crippen LogP contribution >= 0.6 is 0 Å². The Balaban J connectivity index is 2.87. The van der Waals surface area contributed by atoms with Gasteiger partial charge in [0.25, 0.3) is 0 Å². The van der Waals surface area contributed by atoms with Crippen LogP contribution in [0.25, 0.3) is 10.4 Å². The lowest BCUT2D eigenvalue weighted by molar-refractivity contribution is -0.137. The lowest BCUT2D eigenvalue weighted by Gasteiger charge is -2.09. The molecule has 0 N–H and O–H groups in total. The van der Waals surface area contributed by atoms with Gasteiger partial charge >= 0.3 is 6.18 Å². The largest absolute Gasteiger partial charge is 0.416 e. The molecule has 0 saturated heterocycles. The molecule has 0 bridgehead atoms. The van der Waals surface area contributed by atoms with Crippen LogP contribution in [0.3, 0.4) is 0 Å². The molecule has 1 atom stereocenters. The van der Waals surface area contributed by atoms with Gasteiger partial charge in [0, 0.05) is 11.0 Å². The summed E-state index contributed by atoms with van der Waals surface area (Å²) in [5, 5.41) is 3.41. The van der Waals surface area contributed by atoms with Gasteiger partial charge in [-0.05, 0) is 23.6 Å². The highest BCUT2D eigenvalue weighted by Gasteiger charge is 2.30. The fourth-order valence-electron chi connectivity index (χ4n) is 1.34. The maximum Gasteiger partial charge on any atom is 0.416 e. The number of hydrogen-bond acceptors (Lipinski definition) is 1. The molecule has 1 aromatic rings. The zero-order valence-corrected chi connectivity index (χ0v) is 8.57. The molecule has 86 valence electrons. The van der Waals surface area contributed by atoms with Crippen LogP contribution in [0.15, 0.2) is 29.4 Å². The van der Waals surface area contributed by atoms with Gasteiger partial charge in [0.1, 0.15) is 0 Å². The highest BCUT2D eigenvalue weighted by Crippen LogP contribution is 2.29. The first kappa shape index (κ1) is 12.4. The highest BCUT2D eigenvalue weighted by atomic mass is 19.4.